The molecule has 0 bridgehead atoms. The first kappa shape index (κ1) is 10.0. The molecule has 0 amide bonds. The van der Waals surface area contributed by atoms with Crippen molar-refractivity contribution in [1.29, 1.82) is 0 Å². The summed E-state index contributed by atoms with van der Waals surface area (Å²) in [6.45, 7) is 0. The van der Waals surface area contributed by atoms with Gasteiger partial charge in [0.15, 0.2) is 0 Å². The molecule has 3 nitrogen and oxygen atoms in total. The van der Waals surface area contributed by atoms with Crippen molar-refractivity contribution < 1.29 is 10.0 Å². The van der Waals surface area contributed by atoms with Gasteiger partial charge in [0.25, 0.3) is 0 Å². The zero-order chi connectivity index (χ0) is 8.97. The number of nitrogens with two attached hydrogens (primary N) is 1. The second kappa shape index (κ2) is 4.85. The molecule has 1 saturated carbocycles. The zero-order valence-corrected chi connectivity index (χ0v) is 7.45. The third-order valence-corrected chi connectivity index (χ3v) is 2.76. The minimum absolute atomic E-state index is 0.362. The fraction of sp³-hybridized carbons (Fsp3) is 1.00. The monoisotopic (exact) mass is 171 g/mol. The van der Waals surface area contributed by atoms with Crippen LogP contribution in [0, 0.1) is 5.92 Å². The molecule has 12 heavy (non-hydrogen) atoms. The van der Waals surface area contributed by atoms with Gasteiger partial charge in [-0.15, -0.1) is 0 Å². The van der Waals surface area contributed by atoms with Crippen molar-refractivity contribution in [2.75, 3.05) is 0 Å². The Morgan fingerprint density at radius 3 is 2.58 bits per heavy atom. The Morgan fingerprint density at radius 2 is 2.08 bits per heavy atom. The highest BCUT2D eigenvalue weighted by atomic mass is 16.4. The van der Waals surface area contributed by atoms with Gasteiger partial charge in [-0.25, -0.2) is 0 Å². The van der Waals surface area contributed by atoms with Crippen LogP contribution >= 0.6 is 0 Å². The van der Waals surface area contributed by atoms with E-state index >= 15 is 0 Å². The standard InChI is InChI=1S/C8H18BNO2/c10-8-5-1-3-7(8)4-2-6-9(11)12/h7-8,11-12H,1-6,10H2/t7-,8+/m1/s1. The largest absolute Gasteiger partial charge is 0.451 e. The Bertz CT molecular complexity index is 132. The predicted octanol–water partition coefficient (Wildman–Crippen LogP) is 0.367. The van der Waals surface area contributed by atoms with Crippen molar-refractivity contribution in [3.63, 3.8) is 0 Å². The summed E-state index contributed by atoms with van der Waals surface area (Å²) in [6, 6.07) is 0.362. The molecule has 0 aromatic heterocycles. The first-order valence-corrected chi connectivity index (χ1v) is 4.82. The SMILES string of the molecule is N[C@H]1CCC[C@@H]1CCCB(O)O. The highest BCUT2D eigenvalue weighted by molar-refractivity contribution is 6.40. The average Bonchev–Trinajstić information content (AvgIpc) is 2.36. The Morgan fingerprint density at radius 1 is 1.33 bits per heavy atom. The summed E-state index contributed by atoms with van der Waals surface area (Å²) in [7, 11) is -1.14. The Labute approximate surface area is 74.1 Å². The van der Waals surface area contributed by atoms with Crippen molar-refractivity contribution in [3.05, 3.63) is 0 Å². The topological polar surface area (TPSA) is 66.5 Å². The van der Waals surface area contributed by atoms with Crippen molar-refractivity contribution in [2.24, 2.45) is 11.7 Å². The van der Waals surface area contributed by atoms with Crippen LogP contribution in [0.2, 0.25) is 6.32 Å². The molecule has 0 saturated heterocycles. The summed E-state index contributed by atoms with van der Waals surface area (Å²) in [5.41, 5.74) is 5.87. The lowest BCUT2D eigenvalue weighted by atomic mass is 9.81. The summed E-state index contributed by atoms with van der Waals surface area (Å²) in [6.07, 6.45) is 6.04. The van der Waals surface area contributed by atoms with Crippen LogP contribution in [-0.2, 0) is 0 Å². The molecule has 2 atom stereocenters. The highest BCUT2D eigenvalue weighted by Crippen LogP contribution is 2.28. The maximum absolute atomic E-state index is 8.62. The van der Waals surface area contributed by atoms with Gasteiger partial charge in [0.2, 0.25) is 0 Å². The lowest BCUT2D eigenvalue weighted by Crippen LogP contribution is -2.24. The molecule has 0 aromatic carbocycles. The van der Waals surface area contributed by atoms with E-state index in [1.54, 1.807) is 0 Å². The zero-order valence-electron chi connectivity index (χ0n) is 7.45. The predicted molar refractivity (Wildman–Crippen MR) is 49.5 cm³/mol. The number of hydrogen-bond donors (Lipinski definition) is 3. The molecule has 1 rings (SSSR count). The molecule has 4 heteroatoms. The maximum atomic E-state index is 8.62. The van der Waals surface area contributed by atoms with E-state index < -0.39 is 7.12 Å². The molecule has 1 fully saturated rings. The van der Waals surface area contributed by atoms with Gasteiger partial charge in [0.05, 0.1) is 0 Å². The molecule has 70 valence electrons. The Kier molecular flexibility index (Phi) is 4.05. The first-order valence-electron chi connectivity index (χ1n) is 4.82. The van der Waals surface area contributed by atoms with Gasteiger partial charge in [0.1, 0.15) is 0 Å². The van der Waals surface area contributed by atoms with Crippen molar-refractivity contribution >= 4 is 7.12 Å². The fourth-order valence-electron chi connectivity index (χ4n) is 1.99. The van der Waals surface area contributed by atoms with Gasteiger partial charge < -0.3 is 15.8 Å². The summed E-state index contributed by atoms with van der Waals surface area (Å²) >= 11 is 0. The number of hydrogen-bond acceptors (Lipinski definition) is 3. The molecule has 0 heterocycles. The third kappa shape index (κ3) is 3.13. The molecule has 0 spiro atoms. The Hall–Kier alpha value is -0.0551. The normalized spacial score (nSPS) is 29.2. The van der Waals surface area contributed by atoms with Crippen LogP contribution in [0.4, 0.5) is 0 Å². The van der Waals surface area contributed by atoms with Crippen molar-refractivity contribution in [3.8, 4) is 0 Å². The lowest BCUT2D eigenvalue weighted by Gasteiger charge is -2.14. The first-order chi connectivity index (χ1) is 5.70. The molecule has 0 radical (unpaired) electrons. The van der Waals surface area contributed by atoms with E-state index in [0.717, 1.165) is 19.3 Å². The van der Waals surface area contributed by atoms with E-state index in [1.165, 1.54) is 12.8 Å². The maximum Gasteiger partial charge on any atom is 0.451 e. The molecule has 1 aliphatic rings. The van der Waals surface area contributed by atoms with Gasteiger partial charge in [0, 0.05) is 6.04 Å². The quantitative estimate of drug-likeness (QED) is 0.535. The van der Waals surface area contributed by atoms with Crippen LogP contribution in [-0.4, -0.2) is 23.2 Å². The fourth-order valence-corrected chi connectivity index (χ4v) is 1.99. The van der Waals surface area contributed by atoms with E-state index in [0.29, 0.717) is 18.3 Å². The minimum atomic E-state index is -1.14. The molecular weight excluding hydrogens is 153 g/mol. The van der Waals surface area contributed by atoms with Crippen LogP contribution in [0.25, 0.3) is 0 Å². The molecule has 4 N–H and O–H groups in total. The number of rotatable bonds is 4. The summed E-state index contributed by atoms with van der Waals surface area (Å²) in [5, 5.41) is 17.2. The van der Waals surface area contributed by atoms with E-state index in [-0.39, 0.29) is 0 Å². The molecule has 0 aliphatic heterocycles. The van der Waals surface area contributed by atoms with Crippen LogP contribution in [0.5, 0.6) is 0 Å². The van der Waals surface area contributed by atoms with E-state index in [9.17, 15) is 0 Å². The van der Waals surface area contributed by atoms with Gasteiger partial charge in [-0.1, -0.05) is 12.8 Å². The highest BCUT2D eigenvalue weighted by Gasteiger charge is 2.23. The second-order valence-electron chi connectivity index (χ2n) is 3.77. The summed E-state index contributed by atoms with van der Waals surface area (Å²) in [4.78, 5) is 0. The van der Waals surface area contributed by atoms with Crippen molar-refractivity contribution in [2.45, 2.75) is 44.5 Å². The lowest BCUT2D eigenvalue weighted by molar-refractivity contribution is 0.389. The molecular formula is C8H18BNO2. The molecule has 0 unspecified atom stereocenters. The minimum Gasteiger partial charge on any atom is -0.427 e. The van der Waals surface area contributed by atoms with Crippen LogP contribution in [0.15, 0.2) is 0 Å². The third-order valence-electron chi connectivity index (χ3n) is 2.76. The van der Waals surface area contributed by atoms with Gasteiger partial charge in [-0.05, 0) is 31.5 Å². The smallest absolute Gasteiger partial charge is 0.427 e. The van der Waals surface area contributed by atoms with E-state index in [2.05, 4.69) is 0 Å². The van der Waals surface area contributed by atoms with Crippen LogP contribution in [0.1, 0.15) is 32.1 Å². The summed E-state index contributed by atoms with van der Waals surface area (Å²) < 4.78 is 0. The van der Waals surface area contributed by atoms with Crippen molar-refractivity contribution in [1.82, 2.24) is 0 Å². The van der Waals surface area contributed by atoms with Gasteiger partial charge in [-0.3, -0.25) is 0 Å². The van der Waals surface area contributed by atoms with Gasteiger partial charge >= 0.3 is 7.12 Å². The van der Waals surface area contributed by atoms with E-state index in [1.807, 2.05) is 0 Å². The van der Waals surface area contributed by atoms with Crippen LogP contribution in [0.3, 0.4) is 0 Å². The average molecular weight is 171 g/mol. The Balaban J connectivity index is 2.06. The van der Waals surface area contributed by atoms with Gasteiger partial charge in [-0.2, -0.15) is 0 Å². The molecule has 1 aliphatic carbocycles. The van der Waals surface area contributed by atoms with E-state index in [4.69, 9.17) is 15.8 Å². The van der Waals surface area contributed by atoms with Crippen LogP contribution < -0.4 is 5.73 Å². The summed E-state index contributed by atoms with van der Waals surface area (Å²) in [5.74, 6) is 0.628. The molecule has 0 aromatic rings. The second-order valence-corrected chi connectivity index (χ2v) is 3.77.